The number of esters is 1. The highest BCUT2D eigenvalue weighted by Crippen LogP contribution is 2.48. The number of rotatable bonds is 2. The molecule has 0 aromatic heterocycles. The third kappa shape index (κ3) is 2.32. The van der Waals surface area contributed by atoms with Gasteiger partial charge in [0, 0.05) is 17.2 Å². The Morgan fingerprint density at radius 2 is 1.64 bits per heavy atom. The van der Waals surface area contributed by atoms with Crippen molar-refractivity contribution in [3.05, 3.63) is 46.7 Å². The number of benzene rings is 1. The molecule has 1 atom stereocenters. The number of aliphatic hydroxyl groups is 1. The maximum atomic E-state index is 13.4. The Morgan fingerprint density at radius 3 is 2.21 bits per heavy atom. The number of methoxy groups -OCH3 is 1. The van der Waals surface area contributed by atoms with Gasteiger partial charge < -0.3 is 14.7 Å². The van der Waals surface area contributed by atoms with Crippen molar-refractivity contribution >= 4 is 23.4 Å². The lowest BCUT2D eigenvalue weighted by molar-refractivity contribution is -0.157. The third-order valence-electron chi connectivity index (χ3n) is 6.11. The van der Waals surface area contributed by atoms with Crippen molar-refractivity contribution in [1.29, 1.82) is 0 Å². The van der Waals surface area contributed by atoms with Gasteiger partial charge in [-0.15, -0.1) is 0 Å². The minimum Gasteiger partial charge on any atom is -0.468 e. The number of amides is 1. The van der Waals surface area contributed by atoms with Crippen LogP contribution in [0.3, 0.4) is 0 Å². The lowest BCUT2D eigenvalue weighted by atomic mass is 9.75. The number of hydrogen-bond acceptors (Lipinski definition) is 6. The van der Waals surface area contributed by atoms with Gasteiger partial charge in [-0.3, -0.25) is 19.2 Å². The maximum absolute atomic E-state index is 13.4. The number of ether oxygens (including phenoxy) is 1. The van der Waals surface area contributed by atoms with Crippen LogP contribution in [0.2, 0.25) is 0 Å². The van der Waals surface area contributed by atoms with Crippen molar-refractivity contribution in [2.75, 3.05) is 7.11 Å². The highest BCUT2D eigenvalue weighted by molar-refractivity contribution is 6.34. The average molecular weight is 383 g/mol. The first-order chi connectivity index (χ1) is 13.3. The fourth-order valence-electron chi connectivity index (χ4n) is 4.56. The third-order valence-corrected chi connectivity index (χ3v) is 6.11. The Bertz CT molecular complexity index is 940. The van der Waals surface area contributed by atoms with Crippen molar-refractivity contribution in [2.24, 2.45) is 5.41 Å². The van der Waals surface area contributed by atoms with Crippen LogP contribution in [-0.2, 0) is 14.3 Å². The number of nitrogens with zero attached hydrogens (tertiary/aromatic N) is 1. The van der Waals surface area contributed by atoms with Gasteiger partial charge in [0.15, 0.2) is 11.2 Å². The molecule has 1 fully saturated rings. The minimum atomic E-state index is -1.86. The highest BCUT2D eigenvalue weighted by atomic mass is 16.5. The predicted octanol–water partition coefficient (Wildman–Crippen LogP) is 1.64. The Morgan fingerprint density at radius 1 is 1.07 bits per heavy atom. The van der Waals surface area contributed by atoms with Gasteiger partial charge in [-0.05, 0) is 32.6 Å². The first-order valence-corrected chi connectivity index (χ1v) is 9.35. The van der Waals surface area contributed by atoms with Crippen LogP contribution < -0.4 is 0 Å². The zero-order chi connectivity index (χ0) is 20.2. The zero-order valence-corrected chi connectivity index (χ0v) is 15.7. The summed E-state index contributed by atoms with van der Waals surface area (Å²) >= 11 is 0. The Balaban J connectivity index is 1.91. The van der Waals surface area contributed by atoms with Gasteiger partial charge in [0.05, 0.1) is 18.8 Å². The van der Waals surface area contributed by atoms with E-state index in [-0.39, 0.29) is 28.4 Å². The molecule has 2 aliphatic carbocycles. The molecular weight excluding hydrogens is 362 g/mol. The fourth-order valence-corrected chi connectivity index (χ4v) is 4.56. The number of ketones is 2. The first-order valence-electron chi connectivity index (χ1n) is 9.35. The van der Waals surface area contributed by atoms with Crippen molar-refractivity contribution in [2.45, 2.75) is 44.8 Å². The number of carbonyl (C=O) groups is 4. The van der Waals surface area contributed by atoms with Crippen LogP contribution in [0, 0.1) is 5.41 Å². The number of hydrogen-bond donors (Lipinski definition) is 1. The van der Waals surface area contributed by atoms with Crippen molar-refractivity contribution < 1.29 is 29.0 Å². The van der Waals surface area contributed by atoms with E-state index in [1.807, 2.05) is 0 Å². The van der Waals surface area contributed by atoms with E-state index in [0.717, 1.165) is 7.11 Å². The molecule has 0 radical (unpaired) electrons. The second kappa shape index (κ2) is 6.38. The molecule has 1 aromatic carbocycles. The molecule has 0 spiro atoms. The summed E-state index contributed by atoms with van der Waals surface area (Å²) in [5, 5.41) is 9.81. The van der Waals surface area contributed by atoms with Gasteiger partial charge in [-0.25, -0.2) is 0 Å². The van der Waals surface area contributed by atoms with Gasteiger partial charge in [-0.2, -0.15) is 0 Å². The number of fused-ring (bicyclic) bond motifs is 1. The Labute approximate surface area is 162 Å². The van der Waals surface area contributed by atoms with Crippen molar-refractivity contribution in [3.8, 4) is 0 Å². The van der Waals surface area contributed by atoms with Gasteiger partial charge in [0.1, 0.15) is 5.70 Å². The van der Waals surface area contributed by atoms with E-state index in [4.69, 9.17) is 4.74 Å². The van der Waals surface area contributed by atoms with Crippen LogP contribution >= 0.6 is 0 Å². The second-order valence-corrected chi connectivity index (χ2v) is 7.68. The number of Topliss-reactive ketones (excluding diaryl/α,β-unsaturated/α-hetero) is 2. The maximum Gasteiger partial charge on any atom is 0.325 e. The van der Waals surface area contributed by atoms with E-state index in [1.165, 1.54) is 17.9 Å². The van der Waals surface area contributed by atoms with Crippen molar-refractivity contribution in [3.63, 3.8) is 0 Å². The van der Waals surface area contributed by atoms with Crippen LogP contribution in [0.5, 0.6) is 0 Å². The first kappa shape index (κ1) is 18.6. The van der Waals surface area contributed by atoms with Crippen LogP contribution in [-0.4, -0.2) is 52.7 Å². The second-order valence-electron chi connectivity index (χ2n) is 7.68. The predicted molar refractivity (Wildman–Crippen MR) is 97.4 cm³/mol. The molecule has 7 nitrogen and oxygen atoms in total. The topological polar surface area (TPSA) is 101 Å². The fraction of sp³-hybridized carbons (Fsp3) is 0.429. The van der Waals surface area contributed by atoms with Gasteiger partial charge in [0.2, 0.25) is 11.7 Å². The lowest BCUT2D eigenvalue weighted by Gasteiger charge is -2.35. The van der Waals surface area contributed by atoms with E-state index in [9.17, 15) is 24.3 Å². The summed E-state index contributed by atoms with van der Waals surface area (Å²) in [6, 6.07) is 6.03. The Hall–Kier alpha value is -2.80. The van der Waals surface area contributed by atoms with E-state index in [2.05, 4.69) is 0 Å². The molecule has 0 saturated heterocycles. The smallest absolute Gasteiger partial charge is 0.325 e. The van der Waals surface area contributed by atoms with Gasteiger partial charge in [-0.1, -0.05) is 24.3 Å². The van der Waals surface area contributed by atoms with E-state index in [0.29, 0.717) is 25.7 Å². The van der Waals surface area contributed by atoms with E-state index in [1.54, 1.807) is 18.2 Å². The molecule has 1 heterocycles. The van der Waals surface area contributed by atoms with Crippen LogP contribution in [0.4, 0.5) is 0 Å². The molecule has 1 unspecified atom stereocenters. The summed E-state index contributed by atoms with van der Waals surface area (Å²) in [5.74, 6) is -2.40. The van der Waals surface area contributed by atoms with E-state index >= 15 is 0 Å². The molecule has 1 N–H and O–H groups in total. The molecule has 7 heteroatoms. The molecule has 4 rings (SSSR count). The summed E-state index contributed by atoms with van der Waals surface area (Å²) in [6.07, 6.45) is 1.52. The molecule has 1 aliphatic heterocycles. The molecule has 146 valence electrons. The molecule has 28 heavy (non-hydrogen) atoms. The number of allylic oxidation sites excluding steroid dienone is 1. The highest BCUT2D eigenvalue weighted by Gasteiger charge is 2.62. The van der Waals surface area contributed by atoms with Crippen molar-refractivity contribution in [1.82, 2.24) is 4.90 Å². The number of carbonyl (C=O) groups excluding carboxylic acids is 4. The molecule has 1 amide bonds. The molecule has 1 saturated carbocycles. The monoisotopic (exact) mass is 383 g/mol. The standard InChI is InChI=1S/C21H21NO6/c1-21(20(27)28-2)15-16(18(25)14-6-4-3-5-13(14)17(15)24)22(19(21)26)11-7-9-12(23)10-8-11/h3-6,11-12,23H,7-10H2,1-2H3. The van der Waals surface area contributed by atoms with E-state index < -0.39 is 35.0 Å². The molecule has 3 aliphatic rings. The molecular formula is C21H21NO6. The van der Waals surface area contributed by atoms with Crippen LogP contribution in [0.15, 0.2) is 35.5 Å². The molecule has 0 bridgehead atoms. The quantitative estimate of drug-likeness (QED) is 0.616. The van der Waals surface area contributed by atoms with Crippen LogP contribution in [0.25, 0.3) is 0 Å². The Kier molecular flexibility index (Phi) is 4.23. The SMILES string of the molecule is COC(=O)C1(C)C(=O)N(C2CCC(O)CC2)C2=C1C(=O)c1ccccc1C2=O. The summed E-state index contributed by atoms with van der Waals surface area (Å²) in [4.78, 5) is 54.0. The lowest BCUT2D eigenvalue weighted by Crippen LogP contribution is -2.47. The molecule has 1 aromatic rings. The normalized spacial score (nSPS) is 29.7. The summed E-state index contributed by atoms with van der Waals surface area (Å²) in [5.41, 5.74) is -1.55. The summed E-state index contributed by atoms with van der Waals surface area (Å²) in [6.45, 7) is 1.35. The largest absolute Gasteiger partial charge is 0.468 e. The van der Waals surface area contributed by atoms with Crippen LogP contribution in [0.1, 0.15) is 53.3 Å². The minimum absolute atomic E-state index is 0.0111. The number of aliphatic hydroxyl groups excluding tert-OH is 1. The van der Waals surface area contributed by atoms with Gasteiger partial charge >= 0.3 is 5.97 Å². The van der Waals surface area contributed by atoms with Gasteiger partial charge in [0.25, 0.3) is 0 Å². The summed E-state index contributed by atoms with van der Waals surface area (Å²) < 4.78 is 4.86. The average Bonchev–Trinajstić information content (AvgIpc) is 2.95. The zero-order valence-electron chi connectivity index (χ0n) is 15.7. The summed E-state index contributed by atoms with van der Waals surface area (Å²) in [7, 11) is 1.16.